The molecule has 0 bridgehead atoms. The number of nitrogens with zero attached hydrogens (tertiary/aromatic N) is 2. The Morgan fingerprint density at radius 2 is 1.04 bits per heavy atom. The van der Waals surface area contributed by atoms with E-state index in [0.717, 1.165) is 29.7 Å². The van der Waals surface area contributed by atoms with Crippen molar-refractivity contribution in [1.29, 1.82) is 0 Å². The minimum Gasteiger partial charge on any atom is -0.352 e. The first-order chi connectivity index (χ1) is 27.3. The lowest BCUT2D eigenvalue weighted by atomic mass is 9.94. The summed E-state index contributed by atoms with van der Waals surface area (Å²) >= 11 is 0. The van der Waals surface area contributed by atoms with Crippen molar-refractivity contribution in [2.45, 2.75) is 49.6 Å². The number of nitrogens with one attached hydrogen (secondary N) is 3. The molecule has 5 amide bonds. The van der Waals surface area contributed by atoms with Crippen LogP contribution in [0.15, 0.2) is 121 Å². The summed E-state index contributed by atoms with van der Waals surface area (Å²) in [6.07, 6.45) is 3.04. The summed E-state index contributed by atoms with van der Waals surface area (Å²) in [6.45, 7) is 1.06. The highest BCUT2D eigenvalue weighted by Gasteiger charge is 2.48. The molecule has 0 radical (unpaired) electrons. The van der Waals surface area contributed by atoms with E-state index >= 15 is 0 Å². The number of allylic oxidation sites excluding steroid dienone is 2. The number of carbonyl (C=O) groups is 5. The molecule has 2 heterocycles. The van der Waals surface area contributed by atoms with Gasteiger partial charge in [-0.1, -0.05) is 91.0 Å². The van der Waals surface area contributed by atoms with Gasteiger partial charge in [0.1, 0.15) is 0 Å². The molecule has 2 aliphatic heterocycles. The average Bonchev–Trinajstić information content (AvgIpc) is 4.20. The second kappa shape index (κ2) is 14.9. The molecule has 2 saturated heterocycles. The third-order valence-electron chi connectivity index (χ3n) is 12.2. The van der Waals surface area contributed by atoms with Crippen LogP contribution < -0.4 is 16.0 Å². The minimum absolute atomic E-state index is 0.00658. The molecule has 284 valence electrons. The van der Waals surface area contributed by atoms with Crippen LogP contribution in [0.25, 0.3) is 5.57 Å². The lowest BCUT2D eigenvalue weighted by Gasteiger charge is -2.18. The van der Waals surface area contributed by atoms with E-state index < -0.39 is 11.8 Å². The van der Waals surface area contributed by atoms with Crippen LogP contribution in [0.1, 0.15) is 74.9 Å². The monoisotopic (exact) mass is 747 g/mol. The van der Waals surface area contributed by atoms with Crippen LogP contribution in [-0.4, -0.2) is 77.6 Å². The fourth-order valence-electron chi connectivity index (χ4n) is 8.63. The van der Waals surface area contributed by atoms with E-state index in [4.69, 9.17) is 0 Å². The van der Waals surface area contributed by atoms with E-state index in [1.165, 1.54) is 11.1 Å². The van der Waals surface area contributed by atoms with E-state index in [2.05, 4.69) is 40.2 Å². The molecule has 2 saturated carbocycles. The van der Waals surface area contributed by atoms with Crippen molar-refractivity contribution < 1.29 is 24.0 Å². The normalized spacial score (nSPS) is 26.0. The number of hydrogen-bond donors (Lipinski definition) is 3. The van der Waals surface area contributed by atoms with Gasteiger partial charge in [0.25, 0.3) is 11.8 Å². The highest BCUT2D eigenvalue weighted by Crippen LogP contribution is 2.43. The SMILES string of the molecule is O=C(NC1C[C@@H]1c1ccccc1)[C@H]1CCN(C(=O)c2ccc(C(=O)N3C[C@@H](C(=O)NC4=C(c5ccccc5)C4)[C@H](C(=O)NC4C[C@H]4c4ccccc4)C3)cc2)C1. The Kier molecular flexibility index (Phi) is 9.49. The Labute approximate surface area is 326 Å². The Morgan fingerprint density at radius 1 is 0.536 bits per heavy atom. The first-order valence-corrected chi connectivity index (χ1v) is 19.8. The first kappa shape index (κ1) is 35.7. The zero-order valence-electron chi connectivity index (χ0n) is 31.1. The van der Waals surface area contributed by atoms with Crippen molar-refractivity contribution >= 4 is 35.1 Å². The lowest BCUT2D eigenvalue weighted by Crippen LogP contribution is -2.41. The van der Waals surface area contributed by atoms with Crippen molar-refractivity contribution in [2.24, 2.45) is 17.8 Å². The van der Waals surface area contributed by atoms with Crippen LogP contribution in [0.2, 0.25) is 0 Å². The van der Waals surface area contributed by atoms with Crippen molar-refractivity contribution in [3.63, 3.8) is 0 Å². The molecule has 9 rings (SSSR count). The smallest absolute Gasteiger partial charge is 0.253 e. The van der Waals surface area contributed by atoms with Gasteiger partial charge in [0.15, 0.2) is 0 Å². The van der Waals surface area contributed by atoms with Gasteiger partial charge < -0.3 is 25.8 Å². The van der Waals surface area contributed by atoms with E-state index in [9.17, 15) is 24.0 Å². The molecule has 7 atom stereocenters. The number of amides is 5. The maximum absolute atomic E-state index is 13.9. The molecular formula is C46H45N5O5. The summed E-state index contributed by atoms with van der Waals surface area (Å²) < 4.78 is 0. The summed E-state index contributed by atoms with van der Waals surface area (Å²) in [5.41, 5.74) is 6.21. The maximum atomic E-state index is 13.9. The van der Waals surface area contributed by atoms with Crippen LogP contribution in [0.3, 0.4) is 0 Å². The van der Waals surface area contributed by atoms with Gasteiger partial charge in [-0.25, -0.2) is 0 Å². The molecule has 56 heavy (non-hydrogen) atoms. The largest absolute Gasteiger partial charge is 0.352 e. The van der Waals surface area contributed by atoms with Crippen LogP contribution >= 0.6 is 0 Å². The fraction of sp³-hybridized carbons (Fsp3) is 0.326. The van der Waals surface area contributed by atoms with Crippen molar-refractivity contribution in [3.8, 4) is 0 Å². The van der Waals surface area contributed by atoms with Crippen LogP contribution in [-0.2, 0) is 14.4 Å². The number of carbonyl (C=O) groups excluding carboxylic acids is 5. The summed E-state index contributed by atoms with van der Waals surface area (Å²) in [4.78, 5) is 71.3. The summed E-state index contributed by atoms with van der Waals surface area (Å²) in [5, 5.41) is 9.42. The van der Waals surface area contributed by atoms with Crippen LogP contribution in [0.4, 0.5) is 0 Å². The molecule has 10 heteroatoms. The number of rotatable bonds is 11. The first-order valence-electron chi connectivity index (χ1n) is 19.8. The number of likely N-dealkylation sites (tertiary alicyclic amines) is 2. The molecule has 4 fully saturated rings. The van der Waals surface area contributed by atoms with Crippen molar-refractivity contribution in [1.82, 2.24) is 25.8 Å². The standard InChI is InChI=1S/C46H45N5O5/c52-42(47-39-22-34(39)28-10-4-1-5-11-28)33-20-21-50(25-33)45(55)31-16-18-32(19-17-31)46(56)51-26-37(43(53)48-40-23-35(40)29-12-6-2-7-13-29)38(27-51)44(54)49-41-24-36(41)30-14-8-3-9-15-30/h1-19,33-35,37-40H,20-27H2,(H,47,52)(H,48,53)(H,49,54)/t33-,34+,35-,37+,38+,39?,40?/m0/s1. The van der Waals surface area contributed by atoms with E-state index in [1.54, 1.807) is 34.1 Å². The van der Waals surface area contributed by atoms with Gasteiger partial charge in [-0.05, 0) is 65.8 Å². The zero-order chi connectivity index (χ0) is 38.3. The Bertz CT molecular complexity index is 2190. The number of benzene rings is 4. The average molecular weight is 748 g/mol. The molecule has 3 N–H and O–H groups in total. The quantitative estimate of drug-likeness (QED) is 0.197. The zero-order valence-corrected chi connectivity index (χ0v) is 31.1. The molecule has 3 aliphatic carbocycles. The van der Waals surface area contributed by atoms with Crippen LogP contribution in [0.5, 0.6) is 0 Å². The van der Waals surface area contributed by atoms with Gasteiger partial charge in [-0.2, -0.15) is 0 Å². The molecule has 0 spiro atoms. The Morgan fingerprint density at radius 3 is 1.61 bits per heavy atom. The van der Waals surface area contributed by atoms with Crippen molar-refractivity contribution in [3.05, 3.63) is 149 Å². The summed E-state index contributed by atoms with van der Waals surface area (Å²) in [5.74, 6) is -2.07. The predicted octanol–water partition coefficient (Wildman–Crippen LogP) is 5.11. The molecule has 10 nitrogen and oxygen atoms in total. The molecule has 4 aromatic rings. The minimum atomic E-state index is -0.719. The van der Waals surface area contributed by atoms with Gasteiger partial charge >= 0.3 is 0 Å². The highest BCUT2D eigenvalue weighted by atomic mass is 16.2. The van der Waals surface area contributed by atoms with Gasteiger partial charge in [0.2, 0.25) is 17.7 Å². The Balaban J connectivity index is 0.827. The molecule has 0 aromatic heterocycles. The van der Waals surface area contributed by atoms with Gasteiger partial charge in [0, 0.05) is 73.3 Å². The second-order valence-corrected chi connectivity index (χ2v) is 16.0. The Hall–Kier alpha value is -6.03. The topological polar surface area (TPSA) is 128 Å². The van der Waals surface area contributed by atoms with Crippen molar-refractivity contribution in [2.75, 3.05) is 26.2 Å². The number of hydrogen-bond acceptors (Lipinski definition) is 5. The molecular weight excluding hydrogens is 703 g/mol. The lowest BCUT2D eigenvalue weighted by molar-refractivity contribution is -0.132. The van der Waals surface area contributed by atoms with Crippen LogP contribution in [0, 0.1) is 17.8 Å². The van der Waals surface area contributed by atoms with Gasteiger partial charge in [-0.15, -0.1) is 0 Å². The highest BCUT2D eigenvalue weighted by molar-refractivity contribution is 6.00. The van der Waals surface area contributed by atoms with E-state index in [0.29, 0.717) is 43.0 Å². The fourth-order valence-corrected chi connectivity index (χ4v) is 8.63. The third kappa shape index (κ3) is 7.48. The van der Waals surface area contributed by atoms with Gasteiger partial charge in [0.05, 0.1) is 17.8 Å². The molecule has 4 aromatic carbocycles. The molecule has 5 aliphatic rings. The third-order valence-corrected chi connectivity index (χ3v) is 12.2. The van der Waals surface area contributed by atoms with Gasteiger partial charge in [-0.3, -0.25) is 24.0 Å². The molecule has 2 unspecified atom stereocenters. The maximum Gasteiger partial charge on any atom is 0.253 e. The van der Waals surface area contributed by atoms with E-state index in [-0.39, 0.29) is 66.5 Å². The second-order valence-electron chi connectivity index (χ2n) is 16.0. The summed E-state index contributed by atoms with van der Waals surface area (Å²) in [7, 11) is 0. The van der Waals surface area contributed by atoms with E-state index in [1.807, 2.05) is 66.7 Å². The summed E-state index contributed by atoms with van der Waals surface area (Å²) in [6, 6.07) is 36.8. The predicted molar refractivity (Wildman–Crippen MR) is 211 cm³/mol.